The van der Waals surface area contributed by atoms with Crippen LogP contribution in [0.3, 0.4) is 0 Å². The molecule has 1 N–H and O–H groups in total. The van der Waals surface area contributed by atoms with Gasteiger partial charge in [0.05, 0.1) is 24.9 Å². The van der Waals surface area contributed by atoms with Crippen LogP contribution < -0.4 is 4.74 Å². The SMILES string of the molecule is Cc1cc(C(C)O)ccc1OC1CCOC2(CCOC2)C1. The van der Waals surface area contributed by atoms with Gasteiger partial charge in [0.25, 0.3) is 0 Å². The van der Waals surface area contributed by atoms with E-state index in [1.54, 1.807) is 6.92 Å². The predicted octanol–water partition coefficient (Wildman–Crippen LogP) is 2.77. The first kappa shape index (κ1) is 14.8. The van der Waals surface area contributed by atoms with E-state index in [9.17, 15) is 5.11 Å². The highest BCUT2D eigenvalue weighted by molar-refractivity contribution is 5.37. The molecule has 3 unspecified atom stereocenters. The second-order valence-corrected chi connectivity index (χ2v) is 6.27. The maximum absolute atomic E-state index is 9.63. The molecule has 2 fully saturated rings. The van der Waals surface area contributed by atoms with E-state index in [0.717, 1.165) is 49.4 Å². The molecule has 3 rings (SSSR count). The van der Waals surface area contributed by atoms with Gasteiger partial charge in [-0.2, -0.15) is 0 Å². The highest BCUT2D eigenvalue weighted by Crippen LogP contribution is 2.35. The molecule has 21 heavy (non-hydrogen) atoms. The molecule has 0 saturated carbocycles. The molecule has 1 aromatic carbocycles. The summed E-state index contributed by atoms with van der Waals surface area (Å²) in [5, 5.41) is 9.63. The van der Waals surface area contributed by atoms with E-state index in [-0.39, 0.29) is 11.7 Å². The fourth-order valence-electron chi connectivity index (χ4n) is 3.19. The Bertz CT molecular complexity index is 492. The third-order valence-corrected chi connectivity index (χ3v) is 4.49. The second kappa shape index (κ2) is 5.95. The summed E-state index contributed by atoms with van der Waals surface area (Å²) in [6.07, 6.45) is 2.51. The molecule has 4 nitrogen and oxygen atoms in total. The van der Waals surface area contributed by atoms with Crippen molar-refractivity contribution in [2.24, 2.45) is 0 Å². The lowest BCUT2D eigenvalue weighted by Gasteiger charge is -2.37. The average Bonchev–Trinajstić information content (AvgIpc) is 2.89. The molecular weight excluding hydrogens is 268 g/mol. The van der Waals surface area contributed by atoms with Gasteiger partial charge < -0.3 is 19.3 Å². The smallest absolute Gasteiger partial charge is 0.122 e. The van der Waals surface area contributed by atoms with Crippen molar-refractivity contribution in [2.45, 2.75) is 50.9 Å². The summed E-state index contributed by atoms with van der Waals surface area (Å²) in [5.74, 6) is 0.903. The number of aliphatic hydroxyl groups is 1. The first-order chi connectivity index (χ1) is 10.1. The maximum Gasteiger partial charge on any atom is 0.122 e. The molecule has 0 amide bonds. The van der Waals surface area contributed by atoms with Gasteiger partial charge in [0.2, 0.25) is 0 Å². The minimum Gasteiger partial charge on any atom is -0.490 e. The Labute approximate surface area is 126 Å². The zero-order valence-corrected chi connectivity index (χ0v) is 12.8. The highest BCUT2D eigenvalue weighted by atomic mass is 16.6. The summed E-state index contributed by atoms with van der Waals surface area (Å²) in [4.78, 5) is 0. The van der Waals surface area contributed by atoms with E-state index >= 15 is 0 Å². The summed E-state index contributed by atoms with van der Waals surface area (Å²) in [7, 11) is 0. The van der Waals surface area contributed by atoms with Gasteiger partial charge in [-0.1, -0.05) is 6.07 Å². The van der Waals surface area contributed by atoms with Gasteiger partial charge in [0.15, 0.2) is 0 Å². The summed E-state index contributed by atoms with van der Waals surface area (Å²) in [6.45, 7) is 6.01. The molecule has 2 saturated heterocycles. The molecule has 0 radical (unpaired) electrons. The van der Waals surface area contributed by atoms with Gasteiger partial charge in [0.1, 0.15) is 11.9 Å². The van der Waals surface area contributed by atoms with Crippen LogP contribution in [0, 0.1) is 6.92 Å². The van der Waals surface area contributed by atoms with Crippen LogP contribution in [-0.4, -0.2) is 36.6 Å². The molecular formula is C17H24O4. The van der Waals surface area contributed by atoms with Crippen LogP contribution in [0.15, 0.2) is 18.2 Å². The van der Waals surface area contributed by atoms with Crippen LogP contribution in [0.5, 0.6) is 5.75 Å². The van der Waals surface area contributed by atoms with Gasteiger partial charge in [0, 0.05) is 25.9 Å². The predicted molar refractivity (Wildman–Crippen MR) is 79.6 cm³/mol. The maximum atomic E-state index is 9.63. The number of rotatable bonds is 3. The normalized spacial score (nSPS) is 30.5. The number of ether oxygens (including phenoxy) is 3. The molecule has 2 heterocycles. The second-order valence-electron chi connectivity index (χ2n) is 6.27. The Hall–Kier alpha value is -1.10. The van der Waals surface area contributed by atoms with Crippen LogP contribution in [0.1, 0.15) is 43.4 Å². The van der Waals surface area contributed by atoms with Crippen LogP contribution in [0.4, 0.5) is 0 Å². The highest BCUT2D eigenvalue weighted by Gasteiger charge is 2.41. The van der Waals surface area contributed by atoms with E-state index in [1.807, 2.05) is 25.1 Å². The molecule has 3 atom stereocenters. The lowest BCUT2D eigenvalue weighted by Crippen LogP contribution is -2.44. The Morgan fingerprint density at radius 1 is 1.38 bits per heavy atom. The van der Waals surface area contributed by atoms with Crippen molar-refractivity contribution in [3.8, 4) is 5.75 Å². The molecule has 116 valence electrons. The third kappa shape index (κ3) is 3.23. The van der Waals surface area contributed by atoms with Crippen LogP contribution in [-0.2, 0) is 9.47 Å². The molecule has 4 heteroatoms. The van der Waals surface area contributed by atoms with Gasteiger partial charge in [-0.25, -0.2) is 0 Å². The van der Waals surface area contributed by atoms with Crippen molar-refractivity contribution >= 4 is 0 Å². The van der Waals surface area contributed by atoms with Crippen molar-refractivity contribution in [3.63, 3.8) is 0 Å². The molecule has 1 spiro atoms. The zero-order chi connectivity index (χ0) is 14.9. The molecule has 0 aromatic heterocycles. The van der Waals surface area contributed by atoms with Gasteiger partial charge >= 0.3 is 0 Å². The largest absolute Gasteiger partial charge is 0.490 e. The first-order valence-electron chi connectivity index (χ1n) is 7.75. The number of benzene rings is 1. The third-order valence-electron chi connectivity index (χ3n) is 4.49. The first-order valence-corrected chi connectivity index (χ1v) is 7.75. The molecule has 2 aliphatic heterocycles. The average molecular weight is 292 g/mol. The van der Waals surface area contributed by atoms with Gasteiger partial charge in [-0.15, -0.1) is 0 Å². The van der Waals surface area contributed by atoms with E-state index in [4.69, 9.17) is 14.2 Å². The van der Waals surface area contributed by atoms with Crippen molar-refractivity contribution in [1.29, 1.82) is 0 Å². The minimum absolute atomic E-state index is 0.129. The van der Waals surface area contributed by atoms with E-state index in [1.165, 1.54) is 0 Å². The molecule has 2 aliphatic rings. The van der Waals surface area contributed by atoms with Crippen molar-refractivity contribution < 1.29 is 19.3 Å². The topological polar surface area (TPSA) is 47.9 Å². The fourth-order valence-corrected chi connectivity index (χ4v) is 3.19. The van der Waals surface area contributed by atoms with Gasteiger partial charge in [-0.05, 0) is 37.1 Å². The summed E-state index contributed by atoms with van der Waals surface area (Å²) in [6, 6.07) is 5.89. The number of aryl methyl sites for hydroxylation is 1. The van der Waals surface area contributed by atoms with E-state index < -0.39 is 6.10 Å². The molecule has 0 bridgehead atoms. The van der Waals surface area contributed by atoms with Crippen LogP contribution in [0.2, 0.25) is 0 Å². The summed E-state index contributed by atoms with van der Waals surface area (Å²) >= 11 is 0. The fraction of sp³-hybridized carbons (Fsp3) is 0.647. The Balaban J connectivity index is 1.68. The van der Waals surface area contributed by atoms with Crippen LogP contribution in [0.25, 0.3) is 0 Å². The van der Waals surface area contributed by atoms with Gasteiger partial charge in [-0.3, -0.25) is 0 Å². The Morgan fingerprint density at radius 2 is 2.24 bits per heavy atom. The Morgan fingerprint density at radius 3 is 2.90 bits per heavy atom. The molecule has 0 aliphatic carbocycles. The van der Waals surface area contributed by atoms with Crippen molar-refractivity contribution in [3.05, 3.63) is 29.3 Å². The lowest BCUT2D eigenvalue weighted by atomic mass is 9.91. The summed E-state index contributed by atoms with van der Waals surface area (Å²) in [5.41, 5.74) is 1.86. The lowest BCUT2D eigenvalue weighted by molar-refractivity contribution is -0.112. The quantitative estimate of drug-likeness (QED) is 0.930. The number of hydrogen-bond donors (Lipinski definition) is 1. The van der Waals surface area contributed by atoms with Crippen LogP contribution >= 0.6 is 0 Å². The van der Waals surface area contributed by atoms with Crippen molar-refractivity contribution in [1.82, 2.24) is 0 Å². The molecule has 1 aromatic rings. The zero-order valence-electron chi connectivity index (χ0n) is 12.8. The van der Waals surface area contributed by atoms with E-state index in [2.05, 4.69) is 0 Å². The standard InChI is InChI=1S/C17H24O4/c1-12-9-14(13(2)18)3-4-16(12)21-15-5-7-20-17(10-15)6-8-19-11-17/h3-4,9,13,15,18H,5-8,10-11H2,1-2H3. The van der Waals surface area contributed by atoms with Crippen molar-refractivity contribution in [2.75, 3.05) is 19.8 Å². The summed E-state index contributed by atoms with van der Waals surface area (Å²) < 4.78 is 17.6. The Kier molecular flexibility index (Phi) is 4.20. The number of hydrogen-bond acceptors (Lipinski definition) is 4. The monoisotopic (exact) mass is 292 g/mol. The minimum atomic E-state index is -0.445. The van der Waals surface area contributed by atoms with E-state index in [0.29, 0.717) is 6.61 Å². The number of aliphatic hydroxyl groups excluding tert-OH is 1.